The molecule has 0 aliphatic carbocycles. The average Bonchev–Trinajstić information content (AvgIpc) is 3.01. The van der Waals surface area contributed by atoms with E-state index in [9.17, 15) is 0 Å². The lowest BCUT2D eigenvalue weighted by Gasteiger charge is -1.88. The molecule has 3 heteroatoms. The minimum atomic E-state index is 0.492. The predicted molar refractivity (Wildman–Crippen MR) is 85.0 cm³/mol. The topological polar surface area (TPSA) is 38.9 Å². The number of benzene rings is 2. The fourth-order valence-corrected chi connectivity index (χ4v) is 1.85. The van der Waals surface area contributed by atoms with Crippen molar-refractivity contribution in [2.24, 2.45) is 0 Å². The van der Waals surface area contributed by atoms with Gasteiger partial charge in [0.05, 0.1) is 0 Å². The predicted octanol–water partition coefficient (Wildman–Crippen LogP) is 4.41. The molecule has 0 unspecified atom stereocenters. The first-order valence-corrected chi connectivity index (χ1v) is 6.70. The molecule has 0 aliphatic heterocycles. The zero-order valence-corrected chi connectivity index (χ0v) is 11.4. The number of rotatable bonds is 4. The van der Waals surface area contributed by atoms with E-state index in [1.54, 1.807) is 0 Å². The minimum Gasteiger partial charge on any atom is -0.334 e. The Hall–Kier alpha value is -2.94. The molecule has 3 rings (SSSR count). The van der Waals surface area contributed by atoms with Crippen LogP contribution >= 0.6 is 0 Å². The Bertz CT molecular complexity index is 679. The Morgan fingerprint density at radius 1 is 0.667 bits per heavy atom. The molecule has 0 fully saturated rings. The molecule has 0 saturated carbocycles. The van der Waals surface area contributed by atoms with Crippen molar-refractivity contribution in [3.8, 4) is 0 Å². The van der Waals surface area contributed by atoms with Crippen LogP contribution in [0.3, 0.4) is 0 Å². The van der Waals surface area contributed by atoms with E-state index in [0.717, 1.165) is 11.1 Å². The number of hydrogen-bond acceptors (Lipinski definition) is 3. The SMILES string of the molecule is C(=Cc1noc(C=Cc2ccccc2)n1)c1ccccc1. The van der Waals surface area contributed by atoms with E-state index < -0.39 is 0 Å². The Morgan fingerprint density at radius 3 is 1.86 bits per heavy atom. The van der Waals surface area contributed by atoms with Crippen LogP contribution in [0.4, 0.5) is 0 Å². The second-order valence-electron chi connectivity index (χ2n) is 4.48. The summed E-state index contributed by atoms with van der Waals surface area (Å²) in [4.78, 5) is 4.29. The second kappa shape index (κ2) is 6.48. The third-order valence-corrected chi connectivity index (χ3v) is 2.90. The molecule has 0 atom stereocenters. The van der Waals surface area contributed by atoms with Crippen LogP contribution in [-0.2, 0) is 0 Å². The first-order chi connectivity index (χ1) is 10.4. The molecule has 2 aromatic carbocycles. The molecule has 102 valence electrons. The lowest BCUT2D eigenvalue weighted by Crippen LogP contribution is -1.76. The summed E-state index contributed by atoms with van der Waals surface area (Å²) in [5.74, 6) is 1.05. The molecule has 0 bridgehead atoms. The van der Waals surface area contributed by atoms with E-state index >= 15 is 0 Å². The van der Waals surface area contributed by atoms with Crippen LogP contribution in [0.1, 0.15) is 22.8 Å². The third kappa shape index (κ3) is 3.76. The number of nitrogens with zero attached hydrogens (tertiary/aromatic N) is 2. The molecular formula is C18H14N2O. The van der Waals surface area contributed by atoms with E-state index in [1.165, 1.54) is 0 Å². The lowest BCUT2D eigenvalue weighted by molar-refractivity contribution is 0.408. The molecular weight excluding hydrogens is 260 g/mol. The maximum atomic E-state index is 5.18. The van der Waals surface area contributed by atoms with Gasteiger partial charge in [-0.3, -0.25) is 0 Å². The summed E-state index contributed by atoms with van der Waals surface area (Å²) in [6, 6.07) is 20.0. The van der Waals surface area contributed by atoms with Crippen molar-refractivity contribution in [1.29, 1.82) is 0 Å². The van der Waals surface area contributed by atoms with Crippen LogP contribution in [0.5, 0.6) is 0 Å². The van der Waals surface area contributed by atoms with Crippen molar-refractivity contribution in [2.75, 3.05) is 0 Å². The van der Waals surface area contributed by atoms with Gasteiger partial charge in [0.25, 0.3) is 5.89 Å². The molecule has 0 radical (unpaired) electrons. The first kappa shape index (κ1) is 13.1. The molecule has 3 nitrogen and oxygen atoms in total. The minimum absolute atomic E-state index is 0.492. The van der Waals surface area contributed by atoms with Gasteiger partial charge in [-0.15, -0.1) is 0 Å². The molecule has 1 aromatic heterocycles. The Morgan fingerprint density at radius 2 is 1.24 bits per heavy atom. The van der Waals surface area contributed by atoms with Crippen LogP contribution in [-0.4, -0.2) is 10.1 Å². The zero-order valence-electron chi connectivity index (χ0n) is 11.4. The van der Waals surface area contributed by atoms with Crippen LogP contribution in [0.25, 0.3) is 24.3 Å². The Labute approximate surface area is 123 Å². The van der Waals surface area contributed by atoms with Crippen molar-refractivity contribution >= 4 is 24.3 Å². The quantitative estimate of drug-likeness (QED) is 0.707. The molecule has 0 spiro atoms. The summed E-state index contributed by atoms with van der Waals surface area (Å²) in [7, 11) is 0. The highest BCUT2D eigenvalue weighted by Crippen LogP contribution is 2.09. The maximum absolute atomic E-state index is 5.18. The van der Waals surface area contributed by atoms with Gasteiger partial charge in [0.15, 0.2) is 5.82 Å². The monoisotopic (exact) mass is 274 g/mol. The van der Waals surface area contributed by atoms with Crippen molar-refractivity contribution in [3.63, 3.8) is 0 Å². The van der Waals surface area contributed by atoms with E-state index in [1.807, 2.05) is 85.0 Å². The van der Waals surface area contributed by atoms with Gasteiger partial charge in [-0.25, -0.2) is 0 Å². The summed E-state index contributed by atoms with van der Waals surface area (Å²) < 4.78 is 5.18. The van der Waals surface area contributed by atoms with Gasteiger partial charge in [0.2, 0.25) is 0 Å². The van der Waals surface area contributed by atoms with Crippen LogP contribution in [0.2, 0.25) is 0 Å². The zero-order chi connectivity index (χ0) is 14.3. The highest BCUT2D eigenvalue weighted by atomic mass is 16.5. The van der Waals surface area contributed by atoms with Crippen LogP contribution < -0.4 is 0 Å². The largest absolute Gasteiger partial charge is 0.334 e. The summed E-state index contributed by atoms with van der Waals surface area (Å²) in [6.07, 6.45) is 7.54. The Balaban J connectivity index is 1.69. The molecule has 0 amide bonds. The van der Waals surface area contributed by atoms with Gasteiger partial charge in [0.1, 0.15) is 0 Å². The second-order valence-corrected chi connectivity index (χ2v) is 4.48. The average molecular weight is 274 g/mol. The van der Waals surface area contributed by atoms with Crippen molar-refractivity contribution in [1.82, 2.24) is 10.1 Å². The van der Waals surface area contributed by atoms with E-state index in [2.05, 4.69) is 10.1 Å². The number of hydrogen-bond donors (Lipinski definition) is 0. The van der Waals surface area contributed by atoms with E-state index in [0.29, 0.717) is 11.7 Å². The lowest BCUT2D eigenvalue weighted by atomic mass is 10.2. The van der Waals surface area contributed by atoms with Gasteiger partial charge in [-0.05, 0) is 23.3 Å². The molecule has 21 heavy (non-hydrogen) atoms. The molecule has 0 N–H and O–H groups in total. The van der Waals surface area contributed by atoms with E-state index in [4.69, 9.17) is 4.52 Å². The third-order valence-electron chi connectivity index (χ3n) is 2.90. The standard InChI is InChI=1S/C18H14N2O/c1-3-7-15(8-4-1)11-13-17-19-18(21-20-17)14-12-16-9-5-2-6-10-16/h1-14H. The normalized spacial score (nSPS) is 11.4. The summed E-state index contributed by atoms with van der Waals surface area (Å²) in [5, 5.41) is 3.92. The van der Waals surface area contributed by atoms with Crippen molar-refractivity contribution in [3.05, 3.63) is 83.5 Å². The van der Waals surface area contributed by atoms with E-state index in [-0.39, 0.29) is 0 Å². The maximum Gasteiger partial charge on any atom is 0.250 e. The molecule has 0 saturated heterocycles. The summed E-state index contributed by atoms with van der Waals surface area (Å²) in [6.45, 7) is 0. The highest BCUT2D eigenvalue weighted by Gasteiger charge is 1.99. The van der Waals surface area contributed by atoms with Crippen LogP contribution in [0, 0.1) is 0 Å². The first-order valence-electron chi connectivity index (χ1n) is 6.70. The van der Waals surface area contributed by atoms with Gasteiger partial charge in [-0.2, -0.15) is 4.98 Å². The van der Waals surface area contributed by atoms with Crippen molar-refractivity contribution < 1.29 is 4.52 Å². The Kier molecular flexibility index (Phi) is 4.03. The fourth-order valence-electron chi connectivity index (χ4n) is 1.85. The highest BCUT2D eigenvalue weighted by molar-refractivity contribution is 5.68. The molecule has 3 aromatic rings. The molecule has 0 aliphatic rings. The van der Waals surface area contributed by atoms with Crippen LogP contribution in [0.15, 0.2) is 65.2 Å². The number of aromatic nitrogens is 2. The van der Waals surface area contributed by atoms with Gasteiger partial charge in [-0.1, -0.05) is 71.9 Å². The van der Waals surface area contributed by atoms with Gasteiger partial charge < -0.3 is 4.52 Å². The van der Waals surface area contributed by atoms with Gasteiger partial charge >= 0.3 is 0 Å². The smallest absolute Gasteiger partial charge is 0.250 e. The summed E-state index contributed by atoms with van der Waals surface area (Å²) in [5.41, 5.74) is 2.20. The fraction of sp³-hybridized carbons (Fsp3) is 0. The van der Waals surface area contributed by atoms with Gasteiger partial charge in [0, 0.05) is 6.08 Å². The summed E-state index contributed by atoms with van der Waals surface area (Å²) >= 11 is 0. The molecule has 1 heterocycles. The van der Waals surface area contributed by atoms with Crippen molar-refractivity contribution in [2.45, 2.75) is 0 Å².